The fourth-order valence-corrected chi connectivity index (χ4v) is 2.31. The Bertz CT molecular complexity index is 1010. The van der Waals surface area contributed by atoms with Gasteiger partial charge in [0.05, 0.1) is 28.5 Å². The average Bonchev–Trinajstić information content (AvgIpc) is 2.74. The van der Waals surface area contributed by atoms with Crippen molar-refractivity contribution in [1.29, 1.82) is 0 Å². The summed E-state index contributed by atoms with van der Waals surface area (Å²) in [5.41, 5.74) is 1.34. The molecule has 0 saturated carbocycles. The highest BCUT2D eigenvalue weighted by Crippen LogP contribution is 2.22. The molecule has 0 aliphatic carbocycles. The molecule has 0 N–H and O–H groups in total. The number of esters is 1. The van der Waals surface area contributed by atoms with Gasteiger partial charge in [0, 0.05) is 12.1 Å². The average molecular weight is 390 g/mol. The van der Waals surface area contributed by atoms with Crippen LogP contribution in [0.4, 0.5) is 17.1 Å². The molecule has 0 atom stereocenters. The first-order valence-electron chi connectivity index (χ1n) is 8.56. The second-order valence-corrected chi connectivity index (χ2v) is 5.73. The Morgan fingerprint density at radius 2 is 1.38 bits per heavy atom. The molecule has 29 heavy (non-hydrogen) atoms. The van der Waals surface area contributed by atoms with E-state index in [1.54, 1.807) is 48.5 Å². The van der Waals surface area contributed by atoms with E-state index >= 15 is 0 Å². The molecular formula is C21H16N3O5. The fourth-order valence-electron chi connectivity index (χ4n) is 2.31. The van der Waals surface area contributed by atoms with Crippen LogP contribution in [0.2, 0.25) is 0 Å². The number of nitrogens with zero attached hydrogens (tertiary/aromatic N) is 3. The molecule has 0 fully saturated rings. The van der Waals surface area contributed by atoms with Crippen molar-refractivity contribution >= 4 is 23.0 Å². The van der Waals surface area contributed by atoms with Crippen LogP contribution in [0.15, 0.2) is 83.0 Å². The third-order valence-corrected chi connectivity index (χ3v) is 3.75. The Balaban J connectivity index is 1.61. The lowest BCUT2D eigenvalue weighted by Gasteiger charge is -2.06. The second-order valence-electron chi connectivity index (χ2n) is 5.73. The van der Waals surface area contributed by atoms with Gasteiger partial charge in [-0.15, -0.1) is 0 Å². The largest absolute Gasteiger partial charge is 0.494 e. The van der Waals surface area contributed by atoms with E-state index < -0.39 is 10.9 Å². The van der Waals surface area contributed by atoms with Crippen molar-refractivity contribution in [3.63, 3.8) is 0 Å². The van der Waals surface area contributed by atoms with Crippen molar-refractivity contribution in [3.05, 3.63) is 95.4 Å². The summed E-state index contributed by atoms with van der Waals surface area (Å²) in [6, 6.07) is 18.8. The topological polar surface area (TPSA) is 103 Å². The van der Waals surface area contributed by atoms with Crippen LogP contribution >= 0.6 is 0 Å². The molecule has 0 spiro atoms. The van der Waals surface area contributed by atoms with Crippen molar-refractivity contribution in [1.82, 2.24) is 0 Å². The molecule has 0 amide bonds. The van der Waals surface area contributed by atoms with Crippen LogP contribution in [0.25, 0.3) is 0 Å². The van der Waals surface area contributed by atoms with Gasteiger partial charge in [-0.2, -0.15) is 10.2 Å². The van der Waals surface area contributed by atoms with Crippen molar-refractivity contribution < 1.29 is 19.2 Å². The quantitative estimate of drug-likeness (QED) is 0.176. The van der Waals surface area contributed by atoms with Crippen molar-refractivity contribution in [2.45, 2.75) is 0 Å². The van der Waals surface area contributed by atoms with E-state index in [1.165, 1.54) is 24.3 Å². The van der Waals surface area contributed by atoms with Gasteiger partial charge in [0.2, 0.25) is 0 Å². The monoisotopic (exact) mass is 390 g/mol. The fraction of sp³-hybridized carbons (Fsp3) is 0.0476. The van der Waals surface area contributed by atoms with E-state index in [1.807, 2.05) is 0 Å². The number of nitro benzene ring substituents is 1. The minimum atomic E-state index is -0.505. The van der Waals surface area contributed by atoms with Gasteiger partial charge in [0.25, 0.3) is 5.69 Å². The van der Waals surface area contributed by atoms with Crippen LogP contribution in [0.1, 0.15) is 10.4 Å². The molecule has 145 valence electrons. The number of non-ortho nitro benzene ring substituents is 1. The molecule has 0 saturated heterocycles. The minimum absolute atomic E-state index is 0.0173. The van der Waals surface area contributed by atoms with Crippen LogP contribution in [0.5, 0.6) is 11.5 Å². The Hall–Kier alpha value is -4.07. The number of azo groups is 1. The Kier molecular flexibility index (Phi) is 6.26. The first kappa shape index (κ1) is 19.7. The highest BCUT2D eigenvalue weighted by Gasteiger charge is 2.09. The standard InChI is InChI=1S/C21H16N3O5/c1-2-28-19-11-13-20(14-12-19)29-21(25)15-3-5-16(6-4-15)22-23-17-7-9-18(10-8-17)24(26)27/h3-14H,1-2H2. The molecule has 0 aliphatic heterocycles. The van der Waals surface area contributed by atoms with Crippen LogP contribution in [-0.4, -0.2) is 17.5 Å². The third-order valence-electron chi connectivity index (χ3n) is 3.75. The van der Waals surface area contributed by atoms with Gasteiger partial charge in [0.15, 0.2) is 0 Å². The number of benzene rings is 3. The van der Waals surface area contributed by atoms with Crippen molar-refractivity contribution in [2.24, 2.45) is 10.2 Å². The zero-order valence-electron chi connectivity index (χ0n) is 15.2. The summed E-state index contributed by atoms with van der Waals surface area (Å²) >= 11 is 0. The summed E-state index contributed by atoms with van der Waals surface area (Å²) in [6.45, 7) is 3.90. The molecule has 0 aliphatic rings. The maximum Gasteiger partial charge on any atom is 0.343 e. The van der Waals surface area contributed by atoms with Gasteiger partial charge in [-0.1, -0.05) is 0 Å². The molecule has 8 heteroatoms. The summed E-state index contributed by atoms with van der Waals surface area (Å²) in [4.78, 5) is 22.4. The lowest BCUT2D eigenvalue weighted by atomic mass is 10.2. The SMILES string of the molecule is [CH2]COc1ccc(OC(=O)c2ccc(N=Nc3ccc([N+](=O)[O-])cc3)cc2)cc1. The van der Waals surface area contributed by atoms with Gasteiger partial charge in [-0.05, 0) is 67.6 Å². The van der Waals surface area contributed by atoms with Gasteiger partial charge in [-0.25, -0.2) is 4.79 Å². The molecule has 0 unspecified atom stereocenters. The summed E-state index contributed by atoms with van der Waals surface area (Å²) in [7, 11) is 0. The maximum atomic E-state index is 12.2. The van der Waals surface area contributed by atoms with E-state index in [0.29, 0.717) is 35.0 Å². The third kappa shape index (κ3) is 5.46. The number of hydrogen-bond donors (Lipinski definition) is 0. The molecule has 8 nitrogen and oxygen atoms in total. The predicted molar refractivity (Wildman–Crippen MR) is 106 cm³/mol. The van der Waals surface area contributed by atoms with E-state index in [2.05, 4.69) is 17.2 Å². The first-order valence-corrected chi connectivity index (χ1v) is 8.56. The lowest BCUT2D eigenvalue weighted by molar-refractivity contribution is -0.384. The number of ether oxygens (including phenoxy) is 2. The Labute approximate surface area is 166 Å². The normalized spacial score (nSPS) is 10.7. The molecule has 0 bridgehead atoms. The Morgan fingerprint density at radius 3 is 1.90 bits per heavy atom. The van der Waals surface area contributed by atoms with Crippen LogP contribution in [0.3, 0.4) is 0 Å². The summed E-state index contributed by atoms with van der Waals surface area (Å²) in [5, 5.41) is 18.7. The predicted octanol–water partition coefficient (Wildman–Crippen LogP) is 5.44. The van der Waals surface area contributed by atoms with Gasteiger partial charge in [-0.3, -0.25) is 10.1 Å². The number of carbonyl (C=O) groups is 1. The molecule has 3 aromatic carbocycles. The van der Waals surface area contributed by atoms with E-state index in [-0.39, 0.29) is 5.69 Å². The lowest BCUT2D eigenvalue weighted by Crippen LogP contribution is -2.08. The van der Waals surface area contributed by atoms with Gasteiger partial charge < -0.3 is 9.47 Å². The van der Waals surface area contributed by atoms with Crippen LogP contribution in [0, 0.1) is 17.0 Å². The van der Waals surface area contributed by atoms with Gasteiger partial charge in [0.1, 0.15) is 11.5 Å². The summed E-state index contributed by atoms with van der Waals surface area (Å²) in [5.74, 6) is 0.533. The van der Waals surface area contributed by atoms with Crippen LogP contribution < -0.4 is 9.47 Å². The van der Waals surface area contributed by atoms with Crippen molar-refractivity contribution in [3.8, 4) is 11.5 Å². The Morgan fingerprint density at radius 1 is 0.862 bits per heavy atom. The van der Waals surface area contributed by atoms with Gasteiger partial charge >= 0.3 is 5.97 Å². The number of hydrogen-bond acceptors (Lipinski definition) is 7. The number of nitro groups is 1. The second kappa shape index (κ2) is 9.23. The number of carbonyl (C=O) groups excluding carboxylic acids is 1. The number of rotatable bonds is 7. The van der Waals surface area contributed by atoms with Crippen LogP contribution in [-0.2, 0) is 0 Å². The molecule has 1 radical (unpaired) electrons. The zero-order chi connectivity index (χ0) is 20.6. The van der Waals surface area contributed by atoms with Crippen molar-refractivity contribution in [2.75, 3.05) is 6.61 Å². The zero-order valence-corrected chi connectivity index (χ0v) is 15.2. The summed E-state index contributed by atoms with van der Waals surface area (Å²) in [6.07, 6.45) is 0. The van der Waals surface area contributed by atoms with E-state index in [0.717, 1.165) is 0 Å². The molecule has 0 aromatic heterocycles. The first-order chi connectivity index (χ1) is 14.0. The van der Waals surface area contributed by atoms with E-state index in [9.17, 15) is 14.9 Å². The molecule has 3 aromatic rings. The molecule has 3 rings (SSSR count). The molecular weight excluding hydrogens is 374 g/mol. The smallest absolute Gasteiger partial charge is 0.343 e. The maximum absolute atomic E-state index is 12.2. The highest BCUT2D eigenvalue weighted by molar-refractivity contribution is 5.91. The summed E-state index contributed by atoms with van der Waals surface area (Å²) < 4.78 is 10.5. The molecule has 0 heterocycles. The van der Waals surface area contributed by atoms with E-state index in [4.69, 9.17) is 9.47 Å². The highest BCUT2D eigenvalue weighted by atomic mass is 16.6. The minimum Gasteiger partial charge on any atom is -0.494 e.